The Bertz CT molecular complexity index is 504. The second-order valence-corrected chi connectivity index (χ2v) is 5.40. The predicted molar refractivity (Wildman–Crippen MR) is 53.3 cm³/mol. The fourth-order valence-corrected chi connectivity index (χ4v) is 3.58. The summed E-state index contributed by atoms with van der Waals surface area (Å²) in [7, 11) is -2.05. The molecule has 1 aromatic rings. The van der Waals surface area contributed by atoms with Gasteiger partial charge in [-0.25, -0.2) is 8.42 Å². The Hall–Kier alpha value is -1.36. The summed E-state index contributed by atoms with van der Waals surface area (Å²) in [6.45, 7) is 0. The third-order valence-corrected chi connectivity index (χ3v) is 4.32. The summed E-state index contributed by atoms with van der Waals surface area (Å²) in [5, 5.41) is 0. The molecule has 0 aliphatic carbocycles. The molecule has 1 aromatic carbocycles. The maximum Gasteiger partial charge on any atom is 0.314 e. The zero-order valence-corrected chi connectivity index (χ0v) is 8.95. The molecule has 0 amide bonds. The van der Waals surface area contributed by atoms with Crippen LogP contribution in [0.1, 0.15) is 11.5 Å². The molecular weight excluding hydrogens is 216 g/mol. The second-order valence-electron chi connectivity index (χ2n) is 3.39. The van der Waals surface area contributed by atoms with Crippen molar-refractivity contribution < 1.29 is 17.9 Å². The first kappa shape index (κ1) is 10.2. The summed E-state index contributed by atoms with van der Waals surface area (Å²) in [6, 6.07) is 6.54. The molecule has 15 heavy (non-hydrogen) atoms. The molecule has 0 bridgehead atoms. The van der Waals surface area contributed by atoms with Crippen molar-refractivity contribution in [2.75, 3.05) is 12.9 Å². The van der Waals surface area contributed by atoms with Gasteiger partial charge in [-0.15, -0.1) is 0 Å². The van der Waals surface area contributed by atoms with Crippen molar-refractivity contribution in [3.05, 3.63) is 29.8 Å². The van der Waals surface area contributed by atoms with E-state index in [-0.39, 0.29) is 10.6 Å². The molecule has 0 radical (unpaired) electrons. The van der Waals surface area contributed by atoms with Crippen molar-refractivity contribution in [1.29, 1.82) is 0 Å². The van der Waals surface area contributed by atoms with Crippen molar-refractivity contribution >= 4 is 15.8 Å². The van der Waals surface area contributed by atoms with Crippen molar-refractivity contribution in [1.82, 2.24) is 0 Å². The number of ether oxygens (including phenoxy) is 1. The Morgan fingerprint density at radius 3 is 2.73 bits per heavy atom. The lowest BCUT2D eigenvalue weighted by Gasteiger charge is -2.05. The molecule has 4 nitrogen and oxygen atoms in total. The number of hydrogen-bond donors (Lipinski definition) is 0. The van der Waals surface area contributed by atoms with Crippen molar-refractivity contribution in [2.24, 2.45) is 0 Å². The minimum absolute atomic E-state index is 0.182. The Balaban J connectivity index is 2.57. The largest absolute Gasteiger partial charge is 0.469 e. The van der Waals surface area contributed by atoms with Crippen LogP contribution in [0, 0.1) is 0 Å². The minimum Gasteiger partial charge on any atom is -0.469 e. The van der Waals surface area contributed by atoms with Crippen LogP contribution in [0.15, 0.2) is 29.2 Å². The van der Waals surface area contributed by atoms with Gasteiger partial charge in [-0.2, -0.15) is 0 Å². The predicted octanol–water partition coefficient (Wildman–Crippen LogP) is 0.731. The number of methoxy groups -OCH3 is 1. The number of hydrogen-bond acceptors (Lipinski definition) is 4. The van der Waals surface area contributed by atoms with E-state index >= 15 is 0 Å². The average molecular weight is 226 g/mol. The van der Waals surface area contributed by atoms with Gasteiger partial charge in [0.1, 0.15) is 0 Å². The highest BCUT2D eigenvalue weighted by atomic mass is 32.2. The van der Waals surface area contributed by atoms with Crippen LogP contribution >= 0.6 is 0 Å². The van der Waals surface area contributed by atoms with Gasteiger partial charge in [0.25, 0.3) is 0 Å². The quantitative estimate of drug-likeness (QED) is 0.662. The van der Waals surface area contributed by atoms with Crippen molar-refractivity contribution in [3.63, 3.8) is 0 Å². The first-order valence-corrected chi connectivity index (χ1v) is 6.11. The molecule has 5 heteroatoms. The maximum atomic E-state index is 11.7. The first-order valence-electron chi connectivity index (χ1n) is 4.46. The van der Waals surface area contributed by atoms with Crippen LogP contribution in [0.2, 0.25) is 0 Å². The Labute approximate surface area is 87.8 Å². The van der Waals surface area contributed by atoms with E-state index in [9.17, 15) is 13.2 Å². The number of carbonyl (C=O) groups excluding carboxylic acids is 1. The number of carbonyl (C=O) groups is 1. The van der Waals surface area contributed by atoms with Crippen molar-refractivity contribution in [3.8, 4) is 0 Å². The average Bonchev–Trinajstić information content (AvgIpc) is 2.51. The maximum absolute atomic E-state index is 11.7. The van der Waals surface area contributed by atoms with Crippen LogP contribution in [-0.2, 0) is 19.4 Å². The smallest absolute Gasteiger partial charge is 0.314 e. The molecule has 0 spiro atoms. The number of rotatable bonds is 1. The molecule has 0 N–H and O–H groups in total. The molecule has 1 aliphatic heterocycles. The second kappa shape index (κ2) is 3.34. The molecule has 0 saturated heterocycles. The summed E-state index contributed by atoms with van der Waals surface area (Å²) in [5.41, 5.74) is 0.546. The molecule has 1 unspecified atom stereocenters. The molecule has 1 atom stereocenters. The van der Waals surface area contributed by atoms with Crippen LogP contribution in [0.5, 0.6) is 0 Å². The number of sulfone groups is 1. The van der Waals surface area contributed by atoms with E-state index in [1.165, 1.54) is 13.2 Å². The summed E-state index contributed by atoms with van der Waals surface area (Å²) >= 11 is 0. The Morgan fingerprint density at radius 1 is 1.40 bits per heavy atom. The van der Waals surface area contributed by atoms with Crippen LogP contribution in [0.4, 0.5) is 0 Å². The fourth-order valence-electron chi connectivity index (χ4n) is 1.79. The molecular formula is C10H10O4S. The van der Waals surface area contributed by atoms with Gasteiger partial charge >= 0.3 is 5.97 Å². The minimum atomic E-state index is -3.31. The van der Waals surface area contributed by atoms with E-state index in [0.717, 1.165) is 0 Å². The fraction of sp³-hybridized carbons (Fsp3) is 0.300. The molecule has 80 valence electrons. The highest BCUT2D eigenvalue weighted by Gasteiger charge is 2.39. The Morgan fingerprint density at radius 2 is 2.07 bits per heavy atom. The van der Waals surface area contributed by atoms with E-state index in [1.807, 2.05) is 0 Å². The van der Waals surface area contributed by atoms with Gasteiger partial charge in [-0.1, -0.05) is 18.2 Å². The van der Waals surface area contributed by atoms with E-state index in [4.69, 9.17) is 0 Å². The number of esters is 1. The normalized spacial score (nSPS) is 22.1. The molecule has 2 rings (SSSR count). The lowest BCUT2D eigenvalue weighted by Crippen LogP contribution is -2.15. The highest BCUT2D eigenvalue weighted by molar-refractivity contribution is 7.91. The number of fused-ring (bicyclic) bond motifs is 1. The highest BCUT2D eigenvalue weighted by Crippen LogP contribution is 2.35. The third kappa shape index (κ3) is 1.52. The van der Waals surface area contributed by atoms with E-state index in [2.05, 4.69) is 4.74 Å². The molecule has 0 saturated carbocycles. The molecule has 0 aromatic heterocycles. The molecule has 1 aliphatic rings. The summed E-state index contributed by atoms with van der Waals surface area (Å²) in [5.74, 6) is -1.35. The van der Waals surface area contributed by atoms with Gasteiger partial charge in [0.15, 0.2) is 9.84 Å². The zero-order chi connectivity index (χ0) is 11.1. The summed E-state index contributed by atoms with van der Waals surface area (Å²) < 4.78 is 27.9. The van der Waals surface area contributed by atoms with Gasteiger partial charge in [0, 0.05) is 0 Å². The van der Waals surface area contributed by atoms with Crippen molar-refractivity contribution in [2.45, 2.75) is 10.8 Å². The van der Waals surface area contributed by atoms with Gasteiger partial charge < -0.3 is 4.74 Å². The van der Waals surface area contributed by atoms with Gasteiger partial charge in [0.05, 0.1) is 23.7 Å². The SMILES string of the molecule is COC(=O)C1CS(=O)(=O)c2ccccc21. The van der Waals surface area contributed by atoms with Crippen LogP contribution < -0.4 is 0 Å². The van der Waals surface area contributed by atoms with Gasteiger partial charge in [0.2, 0.25) is 0 Å². The first-order chi connectivity index (χ1) is 7.06. The Kier molecular flexibility index (Phi) is 2.26. The summed E-state index contributed by atoms with van der Waals surface area (Å²) in [6.07, 6.45) is 0. The third-order valence-electron chi connectivity index (χ3n) is 2.50. The van der Waals surface area contributed by atoms with Gasteiger partial charge in [-0.3, -0.25) is 4.79 Å². The standard InChI is InChI=1S/C10H10O4S/c1-14-10(11)8-6-15(12,13)9-5-3-2-4-7(8)9/h2-5,8H,6H2,1H3. The van der Waals surface area contributed by atoms with E-state index < -0.39 is 21.7 Å². The van der Waals surface area contributed by atoms with Crippen LogP contribution in [-0.4, -0.2) is 27.2 Å². The lowest BCUT2D eigenvalue weighted by molar-refractivity contribution is -0.141. The monoisotopic (exact) mass is 226 g/mol. The number of benzene rings is 1. The summed E-state index contributed by atoms with van der Waals surface area (Å²) in [4.78, 5) is 11.6. The van der Waals surface area contributed by atoms with Crippen LogP contribution in [0.3, 0.4) is 0 Å². The molecule has 0 fully saturated rings. The topological polar surface area (TPSA) is 60.4 Å². The molecule has 1 heterocycles. The van der Waals surface area contributed by atoms with Crippen LogP contribution in [0.25, 0.3) is 0 Å². The zero-order valence-electron chi connectivity index (χ0n) is 8.14. The van der Waals surface area contributed by atoms with E-state index in [1.54, 1.807) is 18.2 Å². The lowest BCUT2D eigenvalue weighted by atomic mass is 10.0. The van der Waals surface area contributed by atoms with Gasteiger partial charge in [-0.05, 0) is 11.6 Å². The van der Waals surface area contributed by atoms with E-state index in [0.29, 0.717) is 5.56 Å².